The molecule has 2 N–H and O–H groups in total. The first-order chi connectivity index (χ1) is 19.0. The molecule has 4 aromatic rings. The van der Waals surface area contributed by atoms with Crippen LogP contribution in [0.2, 0.25) is 0 Å². The molecule has 0 aliphatic carbocycles. The molecule has 5 rings (SSSR count). The number of aromatic nitrogens is 2. The van der Waals surface area contributed by atoms with Gasteiger partial charge < -0.3 is 19.5 Å². The Morgan fingerprint density at radius 1 is 1.05 bits per heavy atom. The van der Waals surface area contributed by atoms with Crippen LogP contribution in [-0.4, -0.2) is 46.4 Å². The number of fused-ring (bicyclic) bond motifs is 1. The fourth-order valence-corrected chi connectivity index (χ4v) is 5.03. The minimum absolute atomic E-state index is 0.00440. The molecule has 10 nitrogen and oxygen atoms in total. The van der Waals surface area contributed by atoms with Gasteiger partial charge in [-0.1, -0.05) is 42.1 Å². The number of benzene rings is 2. The second-order valence-corrected chi connectivity index (χ2v) is 10.0. The van der Waals surface area contributed by atoms with E-state index in [1.54, 1.807) is 24.3 Å². The number of pyridine rings is 1. The van der Waals surface area contributed by atoms with Gasteiger partial charge in [-0.2, -0.15) is 0 Å². The van der Waals surface area contributed by atoms with Crippen molar-refractivity contribution in [2.24, 2.45) is 0 Å². The molecule has 39 heavy (non-hydrogen) atoms. The molecule has 1 aliphatic rings. The topological polar surface area (TPSA) is 129 Å². The number of rotatable bonds is 9. The molecule has 0 saturated carbocycles. The largest absolute Gasteiger partial charge is 0.454 e. The summed E-state index contributed by atoms with van der Waals surface area (Å²) in [6.45, 7) is 1.61. The van der Waals surface area contributed by atoms with Crippen LogP contribution in [0.15, 0.2) is 77.3 Å². The van der Waals surface area contributed by atoms with E-state index in [2.05, 4.69) is 20.6 Å². The van der Waals surface area contributed by atoms with Gasteiger partial charge >= 0.3 is 5.97 Å². The van der Waals surface area contributed by atoms with Crippen molar-refractivity contribution in [2.75, 3.05) is 23.2 Å². The molecule has 0 saturated heterocycles. The summed E-state index contributed by atoms with van der Waals surface area (Å²) in [6, 6.07) is 17.8. The lowest BCUT2D eigenvalue weighted by atomic mass is 10.2. The molecule has 12 heteroatoms. The summed E-state index contributed by atoms with van der Waals surface area (Å²) in [6.07, 6.45) is 0.423. The Bertz CT molecular complexity index is 1510. The summed E-state index contributed by atoms with van der Waals surface area (Å²) in [4.78, 5) is 46.7. The molecule has 1 aliphatic heterocycles. The summed E-state index contributed by atoms with van der Waals surface area (Å²) in [7, 11) is 0. The average Bonchev–Trinajstić information content (AvgIpc) is 3.62. The summed E-state index contributed by atoms with van der Waals surface area (Å²) in [5, 5.41) is 8.00. The maximum atomic E-state index is 12.9. The van der Waals surface area contributed by atoms with E-state index in [4.69, 9.17) is 14.2 Å². The smallest absolute Gasteiger partial charge is 0.341 e. The van der Waals surface area contributed by atoms with E-state index in [0.29, 0.717) is 27.3 Å². The van der Waals surface area contributed by atoms with Crippen molar-refractivity contribution in [1.82, 2.24) is 9.97 Å². The van der Waals surface area contributed by atoms with Crippen LogP contribution in [0.3, 0.4) is 0 Å². The van der Waals surface area contributed by atoms with E-state index in [-0.39, 0.29) is 24.0 Å². The molecule has 2 amide bonds. The van der Waals surface area contributed by atoms with Crippen LogP contribution in [0.1, 0.15) is 17.3 Å². The number of carbonyl (C=O) groups excluding carboxylic acids is 3. The second-order valence-electron chi connectivity index (χ2n) is 8.20. The summed E-state index contributed by atoms with van der Waals surface area (Å²) in [5.74, 6) is -0.373. The van der Waals surface area contributed by atoms with Gasteiger partial charge in [0.15, 0.2) is 22.7 Å². The maximum Gasteiger partial charge on any atom is 0.341 e. The normalized spacial score (nSPS) is 12.4. The Balaban J connectivity index is 1.15. The highest BCUT2D eigenvalue weighted by Crippen LogP contribution is 2.34. The summed E-state index contributed by atoms with van der Waals surface area (Å²) in [5.41, 5.74) is 2.38. The van der Waals surface area contributed by atoms with Crippen molar-refractivity contribution in [3.63, 3.8) is 0 Å². The van der Waals surface area contributed by atoms with Gasteiger partial charge in [0.2, 0.25) is 12.7 Å². The molecule has 2 aromatic carbocycles. The number of nitrogens with one attached hydrogen (secondary N) is 2. The van der Waals surface area contributed by atoms with Gasteiger partial charge in [0.25, 0.3) is 5.91 Å². The number of hydrogen-bond acceptors (Lipinski definition) is 10. The lowest BCUT2D eigenvalue weighted by Crippen LogP contribution is -2.30. The van der Waals surface area contributed by atoms with Crippen molar-refractivity contribution < 1.29 is 28.6 Å². The first-order valence-electron chi connectivity index (χ1n) is 11.8. The van der Waals surface area contributed by atoms with Crippen LogP contribution in [0, 0.1) is 0 Å². The highest BCUT2D eigenvalue weighted by Gasteiger charge is 2.23. The first-order valence-corrected chi connectivity index (χ1v) is 13.6. The van der Waals surface area contributed by atoms with Crippen LogP contribution in [0.25, 0.3) is 11.3 Å². The van der Waals surface area contributed by atoms with Gasteiger partial charge in [-0.3, -0.25) is 14.9 Å². The molecule has 2 aromatic heterocycles. The SMILES string of the molecule is CC(OC(=O)c1cccnc1SCC(=O)Nc1ccc2c(c1)OCO2)C(=O)Nc1nc(-c2ccccc2)cs1. The van der Waals surface area contributed by atoms with Gasteiger partial charge in [0, 0.05) is 28.9 Å². The van der Waals surface area contributed by atoms with E-state index in [1.165, 1.54) is 30.5 Å². The fraction of sp³-hybridized carbons (Fsp3) is 0.148. The van der Waals surface area contributed by atoms with Gasteiger partial charge in [0.1, 0.15) is 5.03 Å². The Morgan fingerprint density at radius 2 is 1.87 bits per heavy atom. The third-order valence-corrected chi connectivity index (χ3v) is 7.21. The fourth-order valence-electron chi connectivity index (χ4n) is 3.52. The van der Waals surface area contributed by atoms with Crippen LogP contribution in [0.5, 0.6) is 11.5 Å². The van der Waals surface area contributed by atoms with E-state index < -0.39 is 18.0 Å². The number of thioether (sulfide) groups is 1. The monoisotopic (exact) mass is 562 g/mol. The second kappa shape index (κ2) is 12.0. The Morgan fingerprint density at radius 3 is 2.72 bits per heavy atom. The number of ether oxygens (including phenoxy) is 3. The lowest BCUT2D eigenvalue weighted by molar-refractivity contribution is -0.123. The van der Waals surface area contributed by atoms with E-state index in [9.17, 15) is 14.4 Å². The Labute approximate surface area is 231 Å². The molecule has 0 radical (unpaired) electrons. The standard InChI is InChI=1S/C27H22N4O6S2/c1-16(24(33)31-27-30-20(13-39-27)17-6-3-2-4-7-17)37-26(34)19-8-5-11-28-25(19)38-14-23(32)29-18-9-10-21-22(12-18)36-15-35-21/h2-13,16H,14-15H2,1H3,(H,29,32)(H,30,31,33). The highest BCUT2D eigenvalue weighted by atomic mass is 32.2. The zero-order valence-corrected chi connectivity index (χ0v) is 22.2. The zero-order chi connectivity index (χ0) is 27.2. The summed E-state index contributed by atoms with van der Waals surface area (Å²) >= 11 is 2.35. The number of esters is 1. The van der Waals surface area contributed by atoms with Crippen LogP contribution < -0.4 is 20.1 Å². The van der Waals surface area contributed by atoms with Crippen molar-refractivity contribution in [1.29, 1.82) is 0 Å². The molecular formula is C27H22N4O6S2. The minimum Gasteiger partial charge on any atom is -0.454 e. The third kappa shape index (κ3) is 6.54. The van der Waals surface area contributed by atoms with Gasteiger partial charge in [-0.05, 0) is 31.2 Å². The molecule has 0 spiro atoms. The van der Waals surface area contributed by atoms with E-state index in [0.717, 1.165) is 23.0 Å². The number of carbonyl (C=O) groups is 3. The molecule has 0 fully saturated rings. The predicted molar refractivity (Wildman–Crippen MR) is 147 cm³/mol. The molecule has 0 bridgehead atoms. The number of amides is 2. The first kappa shape index (κ1) is 26.2. The predicted octanol–water partition coefficient (Wildman–Crippen LogP) is 4.85. The van der Waals surface area contributed by atoms with Crippen molar-refractivity contribution in [2.45, 2.75) is 18.1 Å². The van der Waals surface area contributed by atoms with Crippen LogP contribution in [0.4, 0.5) is 10.8 Å². The quantitative estimate of drug-likeness (QED) is 0.217. The van der Waals surface area contributed by atoms with Gasteiger partial charge in [-0.15, -0.1) is 11.3 Å². The van der Waals surface area contributed by atoms with Crippen molar-refractivity contribution >= 4 is 51.7 Å². The molecule has 1 atom stereocenters. The van der Waals surface area contributed by atoms with Crippen molar-refractivity contribution in [3.05, 3.63) is 77.8 Å². The molecule has 198 valence electrons. The Kier molecular flexibility index (Phi) is 8.04. The number of hydrogen-bond donors (Lipinski definition) is 2. The van der Waals surface area contributed by atoms with Crippen LogP contribution in [-0.2, 0) is 14.3 Å². The van der Waals surface area contributed by atoms with Crippen LogP contribution >= 0.6 is 23.1 Å². The number of anilines is 2. The highest BCUT2D eigenvalue weighted by molar-refractivity contribution is 8.00. The zero-order valence-electron chi connectivity index (χ0n) is 20.6. The minimum atomic E-state index is -1.09. The molecule has 1 unspecified atom stereocenters. The molecule has 3 heterocycles. The average molecular weight is 563 g/mol. The molecular weight excluding hydrogens is 540 g/mol. The van der Waals surface area contributed by atoms with Gasteiger partial charge in [-0.25, -0.2) is 14.8 Å². The van der Waals surface area contributed by atoms with E-state index >= 15 is 0 Å². The Hall–Kier alpha value is -4.42. The van der Waals surface area contributed by atoms with Crippen molar-refractivity contribution in [3.8, 4) is 22.8 Å². The van der Waals surface area contributed by atoms with Gasteiger partial charge in [0.05, 0.1) is 17.0 Å². The number of thiazole rings is 1. The van der Waals surface area contributed by atoms with E-state index in [1.807, 2.05) is 35.7 Å². The lowest BCUT2D eigenvalue weighted by Gasteiger charge is -2.13. The number of nitrogens with zero attached hydrogens (tertiary/aromatic N) is 2. The summed E-state index contributed by atoms with van der Waals surface area (Å²) < 4.78 is 16.0. The maximum absolute atomic E-state index is 12.9. The third-order valence-electron chi connectivity index (χ3n) is 5.44.